The Balaban J connectivity index is 1.23. The van der Waals surface area contributed by atoms with E-state index in [1.165, 1.54) is 6.07 Å². The highest BCUT2D eigenvalue weighted by Gasteiger charge is 2.43. The van der Waals surface area contributed by atoms with Gasteiger partial charge in [0.2, 0.25) is 11.8 Å². The molecule has 36 heavy (non-hydrogen) atoms. The second-order valence-electron chi connectivity index (χ2n) is 9.96. The van der Waals surface area contributed by atoms with Crippen LogP contribution in [0, 0.1) is 29.3 Å². The Hall–Kier alpha value is -3.37. The average Bonchev–Trinajstić information content (AvgIpc) is 3.30. The van der Waals surface area contributed by atoms with E-state index in [0.717, 1.165) is 50.5 Å². The zero-order valence-corrected chi connectivity index (χ0v) is 20.0. The molecule has 0 radical (unpaired) electrons. The van der Waals surface area contributed by atoms with Crippen LogP contribution in [0.1, 0.15) is 49.4 Å². The molecule has 2 bridgehead atoms. The first-order chi connectivity index (χ1) is 17.5. The zero-order chi connectivity index (χ0) is 24.8. The van der Waals surface area contributed by atoms with Crippen LogP contribution in [0.15, 0.2) is 24.4 Å². The first kappa shape index (κ1) is 23.1. The van der Waals surface area contributed by atoms with Gasteiger partial charge in [0.25, 0.3) is 0 Å². The number of methoxy groups -OCH3 is 1. The Morgan fingerprint density at radius 2 is 1.83 bits per heavy atom. The predicted octanol–water partition coefficient (Wildman–Crippen LogP) is 4.14. The normalized spacial score (nSPS) is 25.4. The average molecular weight is 500 g/mol. The van der Waals surface area contributed by atoms with Crippen molar-refractivity contribution in [3.8, 4) is 5.88 Å². The monoisotopic (exact) mass is 499 g/mol. The summed E-state index contributed by atoms with van der Waals surface area (Å²) in [5.74, 6) is -1.81. The van der Waals surface area contributed by atoms with E-state index in [1.54, 1.807) is 18.0 Å². The number of halogens is 3. The van der Waals surface area contributed by atoms with Gasteiger partial charge < -0.3 is 15.0 Å². The van der Waals surface area contributed by atoms with Crippen molar-refractivity contribution < 1.29 is 17.9 Å². The van der Waals surface area contributed by atoms with E-state index in [1.807, 2.05) is 6.07 Å². The minimum Gasteiger partial charge on any atom is -0.480 e. The van der Waals surface area contributed by atoms with Gasteiger partial charge in [-0.1, -0.05) is 12.5 Å². The maximum Gasteiger partial charge on any atom is 0.242 e. The van der Waals surface area contributed by atoms with Gasteiger partial charge in [-0.25, -0.2) is 17.9 Å². The van der Waals surface area contributed by atoms with Crippen LogP contribution in [0.5, 0.6) is 5.88 Å². The lowest BCUT2D eigenvalue weighted by molar-refractivity contribution is 0.372. The molecule has 4 atom stereocenters. The van der Waals surface area contributed by atoms with E-state index in [-0.39, 0.29) is 11.6 Å². The summed E-state index contributed by atoms with van der Waals surface area (Å²) < 4.78 is 49.3. The Bertz CT molecular complexity index is 1250. The van der Waals surface area contributed by atoms with E-state index in [4.69, 9.17) is 14.8 Å². The van der Waals surface area contributed by atoms with Crippen LogP contribution in [0.2, 0.25) is 0 Å². The number of aryl methyl sites for hydroxylation is 1. The number of piperidine rings is 1. The fraction of sp³-hybridized carbons (Fsp3) is 0.520. The van der Waals surface area contributed by atoms with Crippen LogP contribution in [0.4, 0.5) is 24.8 Å². The largest absolute Gasteiger partial charge is 0.480 e. The highest BCUT2D eigenvalue weighted by Crippen LogP contribution is 2.41. The standard InChI is InChI=1S/C25H28F3N7O/c1-36-20-10-16(11-29-32-20)34-12-14-5-6-15(13-34)23(14)30-25-31-24-18(4-2-3-9-35(24)33-25)17-7-8-19(26)22(28)21(17)27/h7-8,10-11,14-15,18,23H,2-6,9,12-13H2,1H3,(H,30,33)/t14-,15+,18?,23?. The molecule has 1 aromatic carbocycles. The molecule has 6 rings (SSSR count). The smallest absolute Gasteiger partial charge is 0.242 e. The molecule has 2 aromatic heterocycles. The molecule has 0 spiro atoms. The van der Waals surface area contributed by atoms with E-state index >= 15 is 0 Å². The molecule has 8 nitrogen and oxygen atoms in total. The van der Waals surface area contributed by atoms with Gasteiger partial charge in [0.05, 0.1) is 19.0 Å². The van der Waals surface area contributed by atoms with Crippen molar-refractivity contribution in [3.63, 3.8) is 0 Å². The van der Waals surface area contributed by atoms with Gasteiger partial charge in [-0.05, 0) is 43.6 Å². The van der Waals surface area contributed by atoms with Crippen LogP contribution in [0.25, 0.3) is 0 Å². The molecule has 3 aliphatic rings. The Morgan fingerprint density at radius 1 is 1.03 bits per heavy atom. The van der Waals surface area contributed by atoms with E-state index in [0.29, 0.717) is 42.5 Å². The minimum atomic E-state index is -1.44. The number of fused-ring (bicyclic) bond motifs is 3. The third kappa shape index (κ3) is 4.04. The molecule has 1 saturated carbocycles. The first-order valence-corrected chi connectivity index (χ1v) is 12.5. The molecule has 2 aliphatic heterocycles. The lowest BCUT2D eigenvalue weighted by atomic mass is 9.92. The first-order valence-electron chi connectivity index (χ1n) is 12.5. The number of aromatic nitrogens is 5. The summed E-state index contributed by atoms with van der Waals surface area (Å²) in [6, 6.07) is 4.45. The molecule has 11 heteroatoms. The van der Waals surface area contributed by atoms with Crippen molar-refractivity contribution >= 4 is 11.6 Å². The maximum atomic E-state index is 14.7. The van der Waals surface area contributed by atoms with Crippen molar-refractivity contribution in [3.05, 3.63) is 53.2 Å². The number of hydrogen-bond donors (Lipinski definition) is 1. The van der Waals surface area contributed by atoms with Crippen LogP contribution in [-0.4, -0.2) is 51.2 Å². The number of rotatable bonds is 5. The minimum absolute atomic E-state index is 0.130. The van der Waals surface area contributed by atoms with Crippen LogP contribution in [-0.2, 0) is 6.54 Å². The van der Waals surface area contributed by atoms with Crippen molar-refractivity contribution in [2.24, 2.45) is 11.8 Å². The molecule has 4 heterocycles. The predicted molar refractivity (Wildman–Crippen MR) is 126 cm³/mol. The molecule has 0 amide bonds. The number of nitrogens with one attached hydrogen (secondary N) is 1. The number of nitrogens with zero attached hydrogens (tertiary/aromatic N) is 6. The molecule has 1 aliphatic carbocycles. The third-order valence-corrected chi connectivity index (χ3v) is 7.89. The molecular formula is C25H28F3N7O. The fourth-order valence-electron chi connectivity index (χ4n) is 6.11. The Labute approximate surface area is 206 Å². The number of benzene rings is 1. The molecule has 190 valence electrons. The fourth-order valence-corrected chi connectivity index (χ4v) is 6.11. The van der Waals surface area contributed by atoms with Crippen molar-refractivity contribution in [1.82, 2.24) is 25.0 Å². The highest BCUT2D eigenvalue weighted by molar-refractivity contribution is 5.48. The molecule has 1 saturated heterocycles. The second-order valence-corrected chi connectivity index (χ2v) is 9.96. The van der Waals surface area contributed by atoms with E-state index < -0.39 is 23.4 Å². The summed E-state index contributed by atoms with van der Waals surface area (Å²) in [5, 5.41) is 16.3. The lowest BCUT2D eigenvalue weighted by Gasteiger charge is -2.39. The van der Waals surface area contributed by atoms with E-state index in [9.17, 15) is 13.2 Å². The SMILES string of the molecule is COc1cc(N2C[C@H]3CC[C@@H](C2)C3Nc2nc3n(n2)CCCCC3c2ccc(F)c(F)c2F)cnn1. The molecule has 1 N–H and O–H groups in total. The number of ether oxygens (including phenoxy) is 1. The summed E-state index contributed by atoms with van der Waals surface area (Å²) >= 11 is 0. The molecular weight excluding hydrogens is 471 g/mol. The zero-order valence-electron chi connectivity index (χ0n) is 20.0. The quantitative estimate of drug-likeness (QED) is 0.529. The van der Waals surface area contributed by atoms with Crippen LogP contribution < -0.4 is 15.0 Å². The topological polar surface area (TPSA) is 81.0 Å². The summed E-state index contributed by atoms with van der Waals surface area (Å²) in [4.78, 5) is 7.09. The van der Waals surface area contributed by atoms with Gasteiger partial charge >= 0.3 is 0 Å². The Kier molecular flexibility index (Phi) is 5.93. The van der Waals surface area contributed by atoms with Gasteiger partial charge in [0, 0.05) is 43.2 Å². The summed E-state index contributed by atoms with van der Waals surface area (Å²) in [7, 11) is 1.58. The van der Waals surface area contributed by atoms with Crippen LogP contribution in [0.3, 0.4) is 0 Å². The lowest BCUT2D eigenvalue weighted by Crippen LogP contribution is -2.48. The third-order valence-electron chi connectivity index (χ3n) is 7.89. The number of anilines is 2. The highest BCUT2D eigenvalue weighted by atomic mass is 19.2. The second kappa shape index (κ2) is 9.25. The van der Waals surface area contributed by atoms with Gasteiger partial charge in [-0.3, -0.25) is 0 Å². The van der Waals surface area contributed by atoms with E-state index in [2.05, 4.69) is 20.4 Å². The van der Waals surface area contributed by atoms with Gasteiger partial charge in [-0.2, -0.15) is 10.1 Å². The van der Waals surface area contributed by atoms with Gasteiger partial charge in [0.15, 0.2) is 17.5 Å². The van der Waals surface area contributed by atoms with Crippen molar-refractivity contribution in [2.75, 3.05) is 30.4 Å². The molecule has 2 unspecified atom stereocenters. The maximum absolute atomic E-state index is 14.7. The van der Waals surface area contributed by atoms with Crippen LogP contribution >= 0.6 is 0 Å². The molecule has 3 aromatic rings. The van der Waals surface area contributed by atoms with Crippen molar-refractivity contribution in [1.29, 1.82) is 0 Å². The summed E-state index contributed by atoms with van der Waals surface area (Å²) in [6.07, 6.45) is 6.27. The summed E-state index contributed by atoms with van der Waals surface area (Å²) in [5.41, 5.74) is 1.13. The van der Waals surface area contributed by atoms with Gasteiger partial charge in [-0.15, -0.1) is 10.2 Å². The number of hydrogen-bond acceptors (Lipinski definition) is 7. The Morgan fingerprint density at radius 3 is 2.61 bits per heavy atom. The van der Waals surface area contributed by atoms with Gasteiger partial charge in [0.1, 0.15) is 5.82 Å². The van der Waals surface area contributed by atoms with Crippen molar-refractivity contribution in [2.45, 2.75) is 50.6 Å². The molecule has 2 fully saturated rings. The summed E-state index contributed by atoms with van der Waals surface area (Å²) in [6.45, 7) is 2.41.